The van der Waals surface area contributed by atoms with Crippen molar-refractivity contribution >= 4 is 6.21 Å². The average Bonchev–Trinajstić information content (AvgIpc) is 3.10. The van der Waals surface area contributed by atoms with Gasteiger partial charge in [0.1, 0.15) is 17.1 Å². The van der Waals surface area contributed by atoms with Crippen LogP contribution < -0.4 is 4.74 Å². The van der Waals surface area contributed by atoms with Crippen molar-refractivity contribution in [3.8, 4) is 28.1 Å². The average molecular weight is 378 g/mol. The fraction of sp³-hybridized carbons (Fsp3) is 0.167. The maximum Gasteiger partial charge on any atom is 0.461 e. The molecule has 0 saturated carbocycles. The lowest BCUT2D eigenvalue weighted by atomic mass is 10.0. The number of halogens is 4. The van der Waals surface area contributed by atoms with Crippen LogP contribution in [0.1, 0.15) is 5.69 Å². The number of benzene rings is 2. The first kappa shape index (κ1) is 18.6. The van der Waals surface area contributed by atoms with E-state index < -0.39 is 12.5 Å². The fourth-order valence-corrected chi connectivity index (χ4v) is 2.43. The van der Waals surface area contributed by atoms with Gasteiger partial charge in [0.05, 0.1) is 6.21 Å². The number of rotatable bonds is 6. The normalized spacial score (nSPS) is 12.1. The summed E-state index contributed by atoms with van der Waals surface area (Å²) < 4.78 is 54.9. The largest absolute Gasteiger partial charge is 0.461 e. The number of hydrogen-bond donors (Lipinski definition) is 1. The number of aromatic nitrogens is 3. The van der Waals surface area contributed by atoms with Crippen LogP contribution in [-0.2, 0) is 0 Å². The third kappa shape index (κ3) is 4.13. The summed E-state index contributed by atoms with van der Waals surface area (Å²) in [6.07, 6.45) is -6.90. The molecular weight excluding hydrogens is 364 g/mol. The smallest absolute Gasteiger partial charge is 0.428 e. The van der Waals surface area contributed by atoms with Crippen LogP contribution in [0.2, 0.25) is 0 Å². The van der Waals surface area contributed by atoms with E-state index in [-0.39, 0.29) is 5.75 Å². The van der Waals surface area contributed by atoms with Gasteiger partial charge in [-0.3, -0.25) is 4.99 Å². The highest BCUT2D eigenvalue weighted by atomic mass is 19.3. The molecule has 0 aliphatic rings. The first-order chi connectivity index (χ1) is 12.9. The molecular formula is C18H14F4N4O. The van der Waals surface area contributed by atoms with Crippen molar-refractivity contribution in [3.05, 3.63) is 54.2 Å². The second kappa shape index (κ2) is 7.56. The number of ether oxygens (including phenoxy) is 1. The molecule has 5 nitrogen and oxygen atoms in total. The molecule has 0 aliphatic heterocycles. The fourth-order valence-electron chi connectivity index (χ4n) is 2.43. The molecule has 0 unspecified atom stereocenters. The van der Waals surface area contributed by atoms with Crippen LogP contribution in [0.5, 0.6) is 5.75 Å². The van der Waals surface area contributed by atoms with Crippen molar-refractivity contribution in [2.24, 2.45) is 4.99 Å². The molecule has 0 bridgehead atoms. The molecule has 140 valence electrons. The van der Waals surface area contributed by atoms with Crippen LogP contribution >= 0.6 is 0 Å². The lowest BCUT2D eigenvalue weighted by Gasteiger charge is -2.17. The number of hydrogen-bond acceptors (Lipinski definition) is 4. The lowest BCUT2D eigenvalue weighted by molar-refractivity contribution is -0.253. The zero-order valence-electron chi connectivity index (χ0n) is 14.0. The molecule has 9 heteroatoms. The Labute approximate surface area is 151 Å². The second-order valence-corrected chi connectivity index (χ2v) is 5.51. The van der Waals surface area contributed by atoms with Crippen molar-refractivity contribution in [2.45, 2.75) is 12.5 Å². The summed E-state index contributed by atoms with van der Waals surface area (Å²) in [4.78, 5) is 3.90. The standard InChI is InChI=1S/C18H14F4N4O/c1-23-10-15-16(25-26-24-15)12-7-5-11(6-8-12)13-3-2-4-14(9-13)27-18(21,22)17(19)20/h2-10,17H,1H3,(H,24,25,26). The van der Waals surface area contributed by atoms with Crippen LogP contribution in [-0.4, -0.2) is 41.2 Å². The molecule has 3 rings (SSSR count). The molecule has 27 heavy (non-hydrogen) atoms. The Bertz CT molecular complexity index is 939. The van der Waals surface area contributed by atoms with E-state index in [1.165, 1.54) is 18.2 Å². The maximum absolute atomic E-state index is 13.1. The monoisotopic (exact) mass is 378 g/mol. The predicted molar refractivity (Wildman–Crippen MR) is 92.4 cm³/mol. The Morgan fingerprint density at radius 3 is 2.41 bits per heavy atom. The van der Waals surface area contributed by atoms with E-state index >= 15 is 0 Å². The highest BCUT2D eigenvalue weighted by Gasteiger charge is 2.43. The number of nitrogens with one attached hydrogen (secondary N) is 1. The molecule has 0 atom stereocenters. The lowest BCUT2D eigenvalue weighted by Crippen LogP contribution is -2.33. The van der Waals surface area contributed by atoms with Crippen LogP contribution in [0.3, 0.4) is 0 Å². The van der Waals surface area contributed by atoms with E-state index in [0.29, 0.717) is 22.5 Å². The minimum absolute atomic E-state index is 0.347. The van der Waals surface area contributed by atoms with Gasteiger partial charge < -0.3 is 4.74 Å². The first-order valence-corrected chi connectivity index (χ1v) is 7.79. The van der Waals surface area contributed by atoms with Gasteiger partial charge in [0, 0.05) is 12.6 Å². The van der Waals surface area contributed by atoms with Crippen molar-refractivity contribution in [2.75, 3.05) is 7.05 Å². The molecule has 1 heterocycles. The van der Waals surface area contributed by atoms with Crippen molar-refractivity contribution in [1.82, 2.24) is 15.4 Å². The van der Waals surface area contributed by atoms with Gasteiger partial charge in [-0.2, -0.15) is 33.0 Å². The van der Waals surface area contributed by atoms with E-state index in [0.717, 1.165) is 5.56 Å². The number of nitrogens with zero attached hydrogens (tertiary/aromatic N) is 3. The summed E-state index contributed by atoms with van der Waals surface area (Å²) in [6, 6.07) is 12.6. The van der Waals surface area contributed by atoms with E-state index in [1.54, 1.807) is 43.6 Å². The van der Waals surface area contributed by atoms with Gasteiger partial charge in [-0.15, -0.1) is 0 Å². The summed E-state index contributed by atoms with van der Waals surface area (Å²) >= 11 is 0. The van der Waals surface area contributed by atoms with E-state index in [9.17, 15) is 17.6 Å². The molecule has 0 spiro atoms. The van der Waals surface area contributed by atoms with Gasteiger partial charge in [0.15, 0.2) is 0 Å². The first-order valence-electron chi connectivity index (χ1n) is 7.79. The second-order valence-electron chi connectivity index (χ2n) is 5.51. The summed E-state index contributed by atoms with van der Waals surface area (Å²) in [7, 11) is 1.62. The molecule has 0 radical (unpaired) electrons. The minimum atomic E-state index is -4.55. The molecule has 0 amide bonds. The molecule has 0 aliphatic carbocycles. The number of aliphatic imine (C=N–C) groups is 1. The topological polar surface area (TPSA) is 63.2 Å². The summed E-state index contributed by atoms with van der Waals surface area (Å²) in [5.41, 5.74) is 3.20. The molecule has 2 aromatic carbocycles. The zero-order valence-corrected chi connectivity index (χ0v) is 14.0. The number of H-pyrrole nitrogens is 1. The van der Waals surface area contributed by atoms with Gasteiger partial charge in [0.25, 0.3) is 0 Å². The zero-order chi connectivity index (χ0) is 19.4. The Hall–Kier alpha value is -3.23. The Balaban J connectivity index is 1.85. The maximum atomic E-state index is 13.1. The van der Waals surface area contributed by atoms with E-state index in [2.05, 4.69) is 25.1 Å². The van der Waals surface area contributed by atoms with Crippen LogP contribution in [0.15, 0.2) is 53.5 Å². The summed E-state index contributed by atoms with van der Waals surface area (Å²) in [5.74, 6) is -0.347. The Morgan fingerprint density at radius 1 is 1.04 bits per heavy atom. The number of aromatic amines is 1. The van der Waals surface area contributed by atoms with Gasteiger partial charge in [-0.05, 0) is 23.3 Å². The van der Waals surface area contributed by atoms with E-state index in [1.807, 2.05) is 0 Å². The summed E-state index contributed by atoms with van der Waals surface area (Å²) in [6.45, 7) is 0. The van der Waals surface area contributed by atoms with Gasteiger partial charge >= 0.3 is 12.5 Å². The highest BCUT2D eigenvalue weighted by molar-refractivity contribution is 5.86. The van der Waals surface area contributed by atoms with Crippen LogP contribution in [0.25, 0.3) is 22.4 Å². The molecule has 0 fully saturated rings. The Morgan fingerprint density at radius 2 is 1.74 bits per heavy atom. The molecule has 1 N–H and O–H groups in total. The summed E-state index contributed by atoms with van der Waals surface area (Å²) in [5, 5.41) is 10.6. The van der Waals surface area contributed by atoms with Gasteiger partial charge in [-0.1, -0.05) is 36.4 Å². The molecule has 0 saturated heterocycles. The predicted octanol–water partition coefficient (Wildman–Crippen LogP) is 4.42. The molecule has 3 aromatic rings. The van der Waals surface area contributed by atoms with Crippen molar-refractivity contribution < 1.29 is 22.3 Å². The number of alkyl halides is 4. The van der Waals surface area contributed by atoms with E-state index in [4.69, 9.17) is 0 Å². The third-order valence-corrected chi connectivity index (χ3v) is 3.66. The van der Waals surface area contributed by atoms with Gasteiger partial charge in [-0.25, -0.2) is 0 Å². The quantitative estimate of drug-likeness (QED) is 0.510. The van der Waals surface area contributed by atoms with Crippen molar-refractivity contribution in [3.63, 3.8) is 0 Å². The SMILES string of the molecule is CN=Cc1n[nH]nc1-c1ccc(-c2cccc(OC(F)(F)C(F)F)c2)cc1. The minimum Gasteiger partial charge on any atom is -0.428 e. The Kier molecular flexibility index (Phi) is 5.20. The van der Waals surface area contributed by atoms with Crippen molar-refractivity contribution in [1.29, 1.82) is 0 Å². The highest BCUT2D eigenvalue weighted by Crippen LogP contribution is 2.31. The third-order valence-electron chi connectivity index (χ3n) is 3.66. The molecule has 1 aromatic heterocycles. The van der Waals surface area contributed by atoms with Crippen LogP contribution in [0.4, 0.5) is 17.6 Å². The van der Waals surface area contributed by atoms with Crippen LogP contribution in [0, 0.1) is 0 Å². The van der Waals surface area contributed by atoms with Gasteiger partial charge in [0.2, 0.25) is 0 Å².